The molecule has 0 aromatic heterocycles. The van der Waals surface area contributed by atoms with Crippen molar-refractivity contribution in [3.63, 3.8) is 0 Å². The minimum Gasteiger partial charge on any atom is -0.310 e. The van der Waals surface area contributed by atoms with Crippen LogP contribution in [0.5, 0.6) is 0 Å². The molecule has 0 spiro atoms. The van der Waals surface area contributed by atoms with Crippen molar-refractivity contribution in [3.05, 3.63) is 34.9 Å². The third kappa shape index (κ3) is 1.95. The summed E-state index contributed by atoms with van der Waals surface area (Å²) in [5.74, 6) is 0.187. The zero-order chi connectivity index (χ0) is 10.8. The average Bonchev–Trinajstić information content (AvgIpc) is 2.73. The predicted octanol–water partition coefficient (Wildman–Crippen LogP) is 1.97. The number of benzene rings is 1. The fourth-order valence-corrected chi connectivity index (χ4v) is 2.11. The highest BCUT2D eigenvalue weighted by Gasteiger charge is 2.16. The van der Waals surface area contributed by atoms with Gasteiger partial charge in [0.2, 0.25) is 0 Å². The van der Waals surface area contributed by atoms with Gasteiger partial charge in [-0.1, -0.05) is 12.1 Å². The van der Waals surface area contributed by atoms with Gasteiger partial charge in [0.25, 0.3) is 0 Å². The summed E-state index contributed by atoms with van der Waals surface area (Å²) in [5, 5.41) is 2.98. The van der Waals surface area contributed by atoms with E-state index in [2.05, 4.69) is 17.4 Å². The topological polar surface area (TPSA) is 29.1 Å². The maximum atomic E-state index is 11.9. The normalized spacial score (nSPS) is 16.1. The molecular weight excluding hydrogens is 186 g/mol. The Hall–Kier alpha value is -1.15. The van der Waals surface area contributed by atoms with E-state index in [0.717, 1.165) is 12.0 Å². The summed E-state index contributed by atoms with van der Waals surface area (Å²) in [5.41, 5.74) is 3.63. The second kappa shape index (κ2) is 4.15. The average molecular weight is 203 g/mol. The number of carbonyl (C=O) groups excluding carboxylic acids is 1. The van der Waals surface area contributed by atoms with Crippen LogP contribution in [0.3, 0.4) is 0 Å². The van der Waals surface area contributed by atoms with E-state index in [0.29, 0.717) is 0 Å². The number of rotatable bonds is 3. The summed E-state index contributed by atoms with van der Waals surface area (Å²) in [4.78, 5) is 11.9. The van der Waals surface area contributed by atoms with Gasteiger partial charge in [0.1, 0.15) is 0 Å². The fourth-order valence-electron chi connectivity index (χ4n) is 2.11. The first-order chi connectivity index (χ1) is 7.22. The van der Waals surface area contributed by atoms with Crippen LogP contribution in [-0.2, 0) is 12.8 Å². The minimum atomic E-state index is -0.0931. The molecule has 0 bridgehead atoms. The first-order valence-electron chi connectivity index (χ1n) is 5.55. The van der Waals surface area contributed by atoms with Crippen LogP contribution in [0.4, 0.5) is 0 Å². The Morgan fingerprint density at radius 2 is 2.07 bits per heavy atom. The van der Waals surface area contributed by atoms with E-state index in [4.69, 9.17) is 0 Å². The Morgan fingerprint density at radius 3 is 2.80 bits per heavy atom. The molecule has 1 aromatic rings. The van der Waals surface area contributed by atoms with Crippen molar-refractivity contribution in [1.29, 1.82) is 0 Å². The van der Waals surface area contributed by atoms with Crippen molar-refractivity contribution in [1.82, 2.24) is 5.32 Å². The van der Waals surface area contributed by atoms with Crippen molar-refractivity contribution in [3.8, 4) is 0 Å². The highest BCUT2D eigenvalue weighted by atomic mass is 16.1. The molecule has 0 heterocycles. The number of hydrogen-bond acceptors (Lipinski definition) is 2. The van der Waals surface area contributed by atoms with Crippen molar-refractivity contribution in [2.75, 3.05) is 7.05 Å². The molecule has 0 aliphatic heterocycles. The van der Waals surface area contributed by atoms with E-state index in [1.54, 1.807) is 0 Å². The Morgan fingerprint density at radius 1 is 1.33 bits per heavy atom. The summed E-state index contributed by atoms with van der Waals surface area (Å²) < 4.78 is 0. The predicted molar refractivity (Wildman–Crippen MR) is 61.3 cm³/mol. The van der Waals surface area contributed by atoms with E-state index >= 15 is 0 Å². The minimum absolute atomic E-state index is 0.0931. The largest absolute Gasteiger partial charge is 0.310 e. The second-order valence-electron chi connectivity index (χ2n) is 4.21. The van der Waals surface area contributed by atoms with Gasteiger partial charge in [-0.3, -0.25) is 4.79 Å². The van der Waals surface area contributed by atoms with E-state index in [9.17, 15) is 4.79 Å². The van der Waals surface area contributed by atoms with E-state index in [-0.39, 0.29) is 11.8 Å². The molecule has 2 rings (SSSR count). The maximum Gasteiger partial charge on any atom is 0.179 e. The third-order valence-corrected chi connectivity index (χ3v) is 3.21. The van der Waals surface area contributed by atoms with Gasteiger partial charge >= 0.3 is 0 Å². The first-order valence-corrected chi connectivity index (χ1v) is 5.55. The number of nitrogens with one attached hydrogen (secondary N) is 1. The van der Waals surface area contributed by atoms with Crippen LogP contribution < -0.4 is 5.32 Å². The van der Waals surface area contributed by atoms with Crippen LogP contribution in [-0.4, -0.2) is 18.9 Å². The number of ketones is 1. The molecule has 0 radical (unpaired) electrons. The monoisotopic (exact) mass is 203 g/mol. The van der Waals surface area contributed by atoms with Gasteiger partial charge in [0, 0.05) is 5.56 Å². The van der Waals surface area contributed by atoms with Crippen LogP contribution in [0.1, 0.15) is 34.8 Å². The molecule has 80 valence electrons. The second-order valence-corrected chi connectivity index (χ2v) is 4.21. The van der Waals surface area contributed by atoms with Crippen LogP contribution in [0.25, 0.3) is 0 Å². The van der Waals surface area contributed by atoms with Gasteiger partial charge in [-0.05, 0) is 50.4 Å². The first kappa shape index (κ1) is 10.4. The highest BCUT2D eigenvalue weighted by Crippen LogP contribution is 2.23. The Kier molecular flexibility index (Phi) is 2.87. The van der Waals surface area contributed by atoms with Crippen LogP contribution >= 0.6 is 0 Å². The summed E-state index contributed by atoms with van der Waals surface area (Å²) in [6.07, 6.45) is 3.53. The van der Waals surface area contributed by atoms with Crippen molar-refractivity contribution in [2.45, 2.75) is 32.2 Å². The molecule has 0 saturated carbocycles. The lowest BCUT2D eigenvalue weighted by atomic mass is 10.0. The smallest absolute Gasteiger partial charge is 0.179 e. The molecule has 1 unspecified atom stereocenters. The Bertz CT molecular complexity index is 384. The van der Waals surface area contributed by atoms with Crippen molar-refractivity contribution < 1.29 is 4.79 Å². The van der Waals surface area contributed by atoms with Crippen LogP contribution in [0, 0.1) is 0 Å². The highest BCUT2D eigenvalue weighted by molar-refractivity contribution is 6.00. The maximum absolute atomic E-state index is 11.9. The molecule has 2 nitrogen and oxygen atoms in total. The SMILES string of the molecule is CNC(C)C(=O)c1ccc2c(c1)CCC2. The Labute approximate surface area is 90.7 Å². The summed E-state index contributed by atoms with van der Waals surface area (Å²) in [6.45, 7) is 1.90. The van der Waals surface area contributed by atoms with Gasteiger partial charge in [-0.15, -0.1) is 0 Å². The fraction of sp³-hybridized carbons (Fsp3) is 0.462. The van der Waals surface area contributed by atoms with Crippen LogP contribution in [0.2, 0.25) is 0 Å². The van der Waals surface area contributed by atoms with Crippen LogP contribution in [0.15, 0.2) is 18.2 Å². The van der Waals surface area contributed by atoms with Crippen molar-refractivity contribution >= 4 is 5.78 Å². The summed E-state index contributed by atoms with van der Waals surface area (Å²) in [7, 11) is 1.82. The molecule has 0 fully saturated rings. The van der Waals surface area contributed by atoms with E-state index in [1.165, 1.54) is 24.0 Å². The zero-order valence-corrected chi connectivity index (χ0v) is 9.34. The quantitative estimate of drug-likeness (QED) is 0.761. The lowest BCUT2D eigenvalue weighted by Crippen LogP contribution is -2.30. The molecule has 1 aliphatic carbocycles. The molecule has 2 heteroatoms. The van der Waals surface area contributed by atoms with Gasteiger partial charge < -0.3 is 5.32 Å². The number of hydrogen-bond donors (Lipinski definition) is 1. The lowest BCUT2D eigenvalue weighted by molar-refractivity contribution is 0.0955. The molecule has 15 heavy (non-hydrogen) atoms. The summed E-state index contributed by atoms with van der Waals surface area (Å²) in [6, 6.07) is 6.04. The standard InChI is InChI=1S/C13H17NO/c1-9(14-2)13(15)12-7-6-10-4-3-5-11(10)8-12/h6-9,14H,3-5H2,1-2H3. The lowest BCUT2D eigenvalue weighted by Gasteiger charge is -2.10. The number of carbonyl (C=O) groups is 1. The van der Waals surface area contributed by atoms with E-state index < -0.39 is 0 Å². The third-order valence-electron chi connectivity index (χ3n) is 3.21. The molecule has 1 aliphatic rings. The van der Waals surface area contributed by atoms with Gasteiger partial charge in [0.05, 0.1) is 6.04 Å². The molecule has 0 amide bonds. The molecular formula is C13H17NO. The van der Waals surface area contributed by atoms with Gasteiger partial charge in [-0.2, -0.15) is 0 Å². The number of aryl methyl sites for hydroxylation is 2. The molecule has 1 N–H and O–H groups in total. The molecule has 1 aromatic carbocycles. The van der Waals surface area contributed by atoms with E-state index in [1.807, 2.05) is 20.0 Å². The van der Waals surface area contributed by atoms with Gasteiger partial charge in [0.15, 0.2) is 5.78 Å². The molecule has 1 atom stereocenters. The summed E-state index contributed by atoms with van der Waals surface area (Å²) >= 11 is 0. The zero-order valence-electron chi connectivity index (χ0n) is 9.34. The number of Topliss-reactive ketones (excluding diaryl/α,β-unsaturated/α-hetero) is 1. The number of fused-ring (bicyclic) bond motifs is 1. The number of likely N-dealkylation sites (N-methyl/N-ethyl adjacent to an activating group) is 1. The van der Waals surface area contributed by atoms with Gasteiger partial charge in [-0.25, -0.2) is 0 Å². The molecule has 0 saturated heterocycles. The Balaban J connectivity index is 2.26. The van der Waals surface area contributed by atoms with Crippen molar-refractivity contribution in [2.24, 2.45) is 0 Å².